The molecule has 0 N–H and O–H groups in total. The van der Waals surface area contributed by atoms with Gasteiger partial charge in [0.25, 0.3) is 0 Å². The predicted octanol–water partition coefficient (Wildman–Crippen LogP) is 7.22. The third-order valence-electron chi connectivity index (χ3n) is 7.10. The van der Waals surface area contributed by atoms with Gasteiger partial charge in [0, 0.05) is 41.2 Å². The molecule has 0 radical (unpaired) electrons. The molecule has 0 spiro atoms. The van der Waals surface area contributed by atoms with Crippen LogP contribution in [0.3, 0.4) is 0 Å². The first kappa shape index (κ1) is 23.3. The molecule has 0 aliphatic carbocycles. The highest BCUT2D eigenvalue weighted by molar-refractivity contribution is 7.85. The van der Waals surface area contributed by atoms with Gasteiger partial charge in [-0.2, -0.15) is 0 Å². The molecular weight excluding hydrogens is 499 g/mol. The Labute approximate surface area is 227 Å². The highest BCUT2D eigenvalue weighted by Gasteiger charge is 2.39. The maximum atomic E-state index is 14.9. The number of benzene rings is 4. The molecule has 0 bridgehead atoms. The Morgan fingerprint density at radius 2 is 1.08 bits per heavy atom. The number of pyridine rings is 2. The summed E-state index contributed by atoms with van der Waals surface area (Å²) in [5.74, 6) is 1.25. The Kier molecular flexibility index (Phi) is 5.69. The number of para-hydroxylation sites is 1. The van der Waals surface area contributed by atoms with Gasteiger partial charge in [0.05, 0.1) is 10.6 Å². The van der Waals surface area contributed by atoms with Crippen LogP contribution in [0.15, 0.2) is 140 Å². The van der Waals surface area contributed by atoms with Crippen molar-refractivity contribution in [1.29, 1.82) is 0 Å². The van der Waals surface area contributed by atoms with E-state index in [0.29, 0.717) is 16.8 Å². The Morgan fingerprint density at radius 3 is 1.72 bits per heavy atom. The molecule has 186 valence electrons. The van der Waals surface area contributed by atoms with Crippen LogP contribution in [0.4, 0.5) is 0 Å². The van der Waals surface area contributed by atoms with Gasteiger partial charge in [-0.15, -0.1) is 0 Å². The monoisotopic (exact) mass is 522 g/mol. The highest BCUT2D eigenvalue weighted by atomic mass is 31.2. The lowest BCUT2D eigenvalue weighted by Crippen LogP contribution is -2.30. The molecule has 0 saturated carbocycles. The Bertz CT molecular complexity index is 1800. The summed E-state index contributed by atoms with van der Waals surface area (Å²) >= 11 is 0. The molecule has 5 heteroatoms. The van der Waals surface area contributed by atoms with Crippen molar-refractivity contribution in [2.24, 2.45) is 0 Å². The normalized spacial score (nSPS) is 15.6. The van der Waals surface area contributed by atoms with Gasteiger partial charge in [-0.25, -0.2) is 0 Å². The number of aromatic nitrogens is 2. The molecule has 39 heavy (non-hydrogen) atoms. The number of ether oxygens (including phenoxy) is 1. The molecule has 2 aromatic heterocycles. The lowest BCUT2D eigenvalue weighted by Gasteiger charge is -2.29. The van der Waals surface area contributed by atoms with Crippen LogP contribution in [0, 0.1) is 0 Å². The van der Waals surface area contributed by atoms with Crippen molar-refractivity contribution in [3.63, 3.8) is 0 Å². The lowest BCUT2D eigenvalue weighted by molar-refractivity contribution is 0.485. The van der Waals surface area contributed by atoms with E-state index in [1.807, 2.05) is 97.3 Å². The lowest BCUT2D eigenvalue weighted by atomic mass is 9.94. The average molecular weight is 523 g/mol. The van der Waals surface area contributed by atoms with E-state index in [4.69, 9.17) is 4.74 Å². The third-order valence-corrected chi connectivity index (χ3v) is 10.2. The van der Waals surface area contributed by atoms with Crippen LogP contribution in [-0.2, 0) is 4.57 Å². The Balaban J connectivity index is 1.41. The van der Waals surface area contributed by atoms with Gasteiger partial charge in [0.15, 0.2) is 7.14 Å². The molecule has 1 atom stereocenters. The summed E-state index contributed by atoms with van der Waals surface area (Å²) in [5, 5.41) is 2.24. The van der Waals surface area contributed by atoms with Crippen LogP contribution >= 0.6 is 7.14 Å². The molecule has 6 aromatic rings. The second-order valence-electron chi connectivity index (χ2n) is 9.48. The third kappa shape index (κ3) is 4.06. The quantitative estimate of drug-likeness (QED) is 0.229. The summed E-state index contributed by atoms with van der Waals surface area (Å²) in [6.07, 6.45) is 7.29. The molecule has 7 rings (SSSR count). The van der Waals surface area contributed by atoms with Crippen LogP contribution < -0.4 is 20.7 Å². The van der Waals surface area contributed by atoms with Gasteiger partial charge in [-0.3, -0.25) is 9.97 Å². The van der Waals surface area contributed by atoms with Crippen LogP contribution in [0.2, 0.25) is 0 Å². The molecule has 3 heterocycles. The van der Waals surface area contributed by atoms with Crippen molar-refractivity contribution >= 4 is 23.1 Å². The predicted molar refractivity (Wildman–Crippen MR) is 158 cm³/mol. The summed E-state index contributed by atoms with van der Waals surface area (Å²) in [6.45, 7) is 0. The fraction of sp³-hybridized carbons (Fsp3) is 0. The van der Waals surface area contributed by atoms with Gasteiger partial charge in [-0.05, 0) is 76.9 Å². The van der Waals surface area contributed by atoms with Gasteiger partial charge >= 0.3 is 0 Å². The van der Waals surface area contributed by atoms with Gasteiger partial charge in [0.2, 0.25) is 0 Å². The molecule has 0 saturated heterocycles. The van der Waals surface area contributed by atoms with Crippen molar-refractivity contribution in [2.45, 2.75) is 0 Å². The Hall–Kier alpha value is -4.79. The van der Waals surface area contributed by atoms with E-state index in [1.165, 1.54) is 0 Å². The van der Waals surface area contributed by atoms with E-state index in [2.05, 4.69) is 40.3 Å². The molecule has 4 nitrogen and oxygen atoms in total. The number of hydrogen-bond acceptors (Lipinski definition) is 4. The number of fused-ring (bicyclic) bond motifs is 2. The fourth-order valence-electron chi connectivity index (χ4n) is 5.20. The first-order valence-corrected chi connectivity index (χ1v) is 14.4. The van der Waals surface area contributed by atoms with Crippen LogP contribution in [0.5, 0.6) is 11.5 Å². The smallest absolute Gasteiger partial charge is 0.178 e. The van der Waals surface area contributed by atoms with E-state index >= 15 is 0 Å². The molecule has 1 aliphatic rings. The van der Waals surface area contributed by atoms with Crippen molar-refractivity contribution in [3.05, 3.63) is 140 Å². The van der Waals surface area contributed by atoms with E-state index < -0.39 is 7.14 Å². The minimum absolute atomic E-state index is 0.619. The zero-order chi connectivity index (χ0) is 26.2. The second-order valence-corrected chi connectivity index (χ2v) is 12.2. The molecular formula is C34H23N2O2P. The van der Waals surface area contributed by atoms with E-state index in [1.54, 1.807) is 12.4 Å². The minimum Gasteiger partial charge on any atom is -0.456 e. The van der Waals surface area contributed by atoms with E-state index in [9.17, 15) is 4.57 Å². The first-order chi connectivity index (χ1) is 19.2. The maximum Gasteiger partial charge on any atom is 0.178 e. The van der Waals surface area contributed by atoms with Crippen molar-refractivity contribution in [3.8, 4) is 44.9 Å². The summed E-state index contributed by atoms with van der Waals surface area (Å²) < 4.78 is 21.3. The molecule has 0 amide bonds. The van der Waals surface area contributed by atoms with Gasteiger partial charge in [0.1, 0.15) is 11.5 Å². The van der Waals surface area contributed by atoms with Crippen LogP contribution in [0.25, 0.3) is 33.4 Å². The molecule has 1 unspecified atom stereocenters. The number of nitrogens with zero attached hydrogens (tertiary/aromatic N) is 2. The molecule has 1 aliphatic heterocycles. The maximum absolute atomic E-state index is 14.9. The first-order valence-electron chi connectivity index (χ1n) is 12.7. The largest absolute Gasteiger partial charge is 0.456 e. The summed E-state index contributed by atoms with van der Waals surface area (Å²) in [5.41, 5.74) is 6.16. The second kappa shape index (κ2) is 9.50. The Morgan fingerprint density at radius 1 is 0.487 bits per heavy atom. The van der Waals surface area contributed by atoms with E-state index in [-0.39, 0.29) is 0 Å². The van der Waals surface area contributed by atoms with Crippen LogP contribution in [-0.4, -0.2) is 9.97 Å². The summed E-state index contributed by atoms with van der Waals surface area (Å²) in [7, 11) is -3.11. The molecule has 4 aromatic carbocycles. The standard InChI is InChI=1S/C34H23N2O2P/c37-39(30-10-2-1-3-11-30)33-13-5-4-12-31(33)38-32-21-24(14-15-34(32)39)27-18-28(25-8-6-16-35-22-25)20-29(19-27)26-9-7-17-36-23-26/h1-23H. The van der Waals surface area contributed by atoms with Gasteiger partial charge < -0.3 is 9.30 Å². The zero-order valence-electron chi connectivity index (χ0n) is 20.9. The van der Waals surface area contributed by atoms with E-state index in [0.717, 1.165) is 44.0 Å². The fourth-order valence-corrected chi connectivity index (χ4v) is 8.04. The van der Waals surface area contributed by atoms with Crippen molar-refractivity contribution in [1.82, 2.24) is 9.97 Å². The van der Waals surface area contributed by atoms with Crippen molar-refractivity contribution < 1.29 is 9.30 Å². The minimum atomic E-state index is -3.11. The summed E-state index contributed by atoms with van der Waals surface area (Å²) in [6, 6.07) is 37.8. The number of hydrogen-bond donors (Lipinski definition) is 0. The SMILES string of the molecule is O=P1(c2ccccc2)c2ccccc2Oc2cc(-c3cc(-c4cccnc4)cc(-c4cccnc4)c3)ccc21. The topological polar surface area (TPSA) is 52.1 Å². The van der Waals surface area contributed by atoms with Crippen molar-refractivity contribution in [2.75, 3.05) is 0 Å². The number of rotatable bonds is 4. The summed E-state index contributed by atoms with van der Waals surface area (Å²) in [4.78, 5) is 8.65. The highest BCUT2D eigenvalue weighted by Crippen LogP contribution is 2.52. The van der Waals surface area contributed by atoms with Crippen LogP contribution in [0.1, 0.15) is 0 Å². The zero-order valence-corrected chi connectivity index (χ0v) is 21.8. The van der Waals surface area contributed by atoms with Gasteiger partial charge in [-0.1, -0.05) is 60.7 Å². The average Bonchev–Trinajstić information content (AvgIpc) is 3.02. The molecule has 0 fully saturated rings.